The lowest BCUT2D eigenvalue weighted by Crippen LogP contribution is -2.34. The van der Waals surface area contributed by atoms with Crippen molar-refractivity contribution in [2.45, 2.75) is 70.9 Å². The van der Waals surface area contributed by atoms with Crippen molar-refractivity contribution < 1.29 is 4.52 Å². The molecule has 1 atom stereocenters. The summed E-state index contributed by atoms with van der Waals surface area (Å²) >= 11 is 6.39. The molecule has 3 fully saturated rings. The van der Waals surface area contributed by atoms with Gasteiger partial charge in [-0.25, -0.2) is 14.8 Å². The third-order valence-electron chi connectivity index (χ3n) is 8.66. The van der Waals surface area contributed by atoms with Gasteiger partial charge in [-0.2, -0.15) is 0 Å². The quantitative estimate of drug-likeness (QED) is 0.339. The number of hydrogen-bond acceptors (Lipinski definition) is 7. The molecular formula is C28H32ClN7O2. The number of nitrogens with zero attached hydrogens (tertiary/aromatic N) is 6. The number of imidazole rings is 1. The molecule has 7 rings (SSSR count). The van der Waals surface area contributed by atoms with E-state index in [1.54, 1.807) is 12.4 Å². The van der Waals surface area contributed by atoms with Gasteiger partial charge in [-0.05, 0) is 68.4 Å². The molecule has 0 bridgehead atoms. The van der Waals surface area contributed by atoms with Gasteiger partial charge >= 0.3 is 5.76 Å². The largest absolute Gasteiger partial charge is 0.439 e. The highest BCUT2D eigenvalue weighted by Gasteiger charge is 2.40. The van der Waals surface area contributed by atoms with Crippen molar-refractivity contribution in [1.29, 1.82) is 0 Å². The van der Waals surface area contributed by atoms with Crippen molar-refractivity contribution in [3.63, 3.8) is 0 Å². The summed E-state index contributed by atoms with van der Waals surface area (Å²) < 4.78 is 7.22. The topological polar surface area (TPSA) is 106 Å². The molecule has 4 aromatic rings. The molecule has 1 aliphatic heterocycles. The molecular weight excluding hydrogens is 502 g/mol. The smallest absolute Gasteiger partial charge is 0.339 e. The fourth-order valence-electron chi connectivity index (χ4n) is 6.52. The van der Waals surface area contributed by atoms with Crippen LogP contribution in [0.25, 0.3) is 33.8 Å². The van der Waals surface area contributed by atoms with Gasteiger partial charge in [-0.15, -0.1) is 0 Å². The normalized spacial score (nSPS) is 23.9. The molecule has 38 heavy (non-hydrogen) atoms. The van der Waals surface area contributed by atoms with Crippen LogP contribution in [-0.2, 0) is 6.54 Å². The molecule has 2 saturated carbocycles. The molecule has 1 N–H and O–H groups in total. The monoisotopic (exact) mass is 533 g/mol. The Kier molecular flexibility index (Phi) is 5.98. The first kappa shape index (κ1) is 23.9. The van der Waals surface area contributed by atoms with Crippen molar-refractivity contribution in [3.8, 4) is 22.8 Å². The number of rotatable bonds is 6. The van der Waals surface area contributed by atoms with E-state index in [0.29, 0.717) is 22.7 Å². The molecule has 0 radical (unpaired) electrons. The number of hydrogen-bond donors (Lipinski definition) is 1. The van der Waals surface area contributed by atoms with Crippen LogP contribution in [0.15, 0.2) is 33.8 Å². The Balaban J connectivity index is 1.44. The number of anilines is 1. The number of aromatic amines is 1. The maximum absolute atomic E-state index is 11.7. The van der Waals surface area contributed by atoms with E-state index in [1.807, 2.05) is 12.1 Å². The molecule has 1 saturated heterocycles. The fraction of sp³-hybridized carbons (Fsp3) is 0.536. The van der Waals surface area contributed by atoms with Crippen molar-refractivity contribution in [3.05, 3.63) is 40.1 Å². The van der Waals surface area contributed by atoms with Crippen LogP contribution in [0.5, 0.6) is 0 Å². The van der Waals surface area contributed by atoms with Gasteiger partial charge in [0.15, 0.2) is 0 Å². The standard InChI is InChI=1S/C28H32ClN7O2/c1-16-4-6-17(7-5-16)15-36-25-21(32-27(36)35-10-2-3-23(35)18-8-9-18)12-22(26-33-28(37)38-34-26)31-24(25)19-11-20(29)14-30-13-19/h11-14,16-18,23H,2-10,15H2,1H3,(H,33,34,37). The van der Waals surface area contributed by atoms with Crippen molar-refractivity contribution in [1.82, 2.24) is 29.7 Å². The van der Waals surface area contributed by atoms with Crippen molar-refractivity contribution >= 4 is 28.6 Å². The van der Waals surface area contributed by atoms with E-state index in [2.05, 4.69) is 31.5 Å². The molecule has 0 aromatic carbocycles. The Labute approximate surface area is 225 Å². The van der Waals surface area contributed by atoms with Crippen LogP contribution >= 0.6 is 11.6 Å². The summed E-state index contributed by atoms with van der Waals surface area (Å²) in [6, 6.07) is 4.34. The van der Waals surface area contributed by atoms with Gasteiger partial charge in [0.1, 0.15) is 5.69 Å². The summed E-state index contributed by atoms with van der Waals surface area (Å²) in [6.07, 6.45) is 13.5. The van der Waals surface area contributed by atoms with Crippen molar-refractivity contribution in [2.24, 2.45) is 17.8 Å². The van der Waals surface area contributed by atoms with Gasteiger partial charge in [-0.1, -0.05) is 36.5 Å². The second-order valence-corrected chi connectivity index (χ2v) is 11.9. The average Bonchev–Trinajstić information content (AvgIpc) is 3.30. The van der Waals surface area contributed by atoms with E-state index < -0.39 is 5.76 Å². The first-order valence-electron chi connectivity index (χ1n) is 13.9. The molecule has 0 spiro atoms. The van der Waals surface area contributed by atoms with Gasteiger partial charge in [0.2, 0.25) is 11.8 Å². The molecule has 4 aromatic heterocycles. The average molecular weight is 534 g/mol. The van der Waals surface area contributed by atoms with Gasteiger partial charge in [0.05, 0.1) is 21.7 Å². The van der Waals surface area contributed by atoms with Gasteiger partial charge in [-0.3, -0.25) is 14.5 Å². The van der Waals surface area contributed by atoms with Gasteiger partial charge in [0, 0.05) is 37.1 Å². The zero-order valence-corrected chi connectivity index (χ0v) is 22.3. The lowest BCUT2D eigenvalue weighted by atomic mass is 9.83. The minimum Gasteiger partial charge on any atom is -0.339 e. The Hall–Kier alpha value is -3.20. The van der Waals surface area contributed by atoms with E-state index in [9.17, 15) is 4.79 Å². The highest BCUT2D eigenvalue weighted by molar-refractivity contribution is 6.30. The lowest BCUT2D eigenvalue weighted by molar-refractivity contribution is 0.266. The van der Waals surface area contributed by atoms with E-state index in [4.69, 9.17) is 26.1 Å². The molecule has 9 nitrogen and oxygen atoms in total. The second-order valence-electron chi connectivity index (χ2n) is 11.4. The van der Waals surface area contributed by atoms with Crippen LogP contribution in [0, 0.1) is 17.8 Å². The number of H-pyrrole nitrogens is 1. The second kappa shape index (κ2) is 9.52. The third kappa shape index (κ3) is 4.40. The van der Waals surface area contributed by atoms with Crippen molar-refractivity contribution in [2.75, 3.05) is 11.4 Å². The summed E-state index contributed by atoms with van der Waals surface area (Å²) in [5.74, 6) is 2.87. The third-order valence-corrected chi connectivity index (χ3v) is 8.87. The molecule has 5 heterocycles. The zero-order chi connectivity index (χ0) is 25.8. The minimum absolute atomic E-state index is 0.280. The number of pyridine rings is 2. The number of halogens is 1. The summed E-state index contributed by atoms with van der Waals surface area (Å²) in [5, 5.41) is 4.44. The number of fused-ring (bicyclic) bond motifs is 1. The fourth-order valence-corrected chi connectivity index (χ4v) is 6.70. The zero-order valence-electron chi connectivity index (χ0n) is 21.6. The number of aromatic nitrogens is 6. The highest BCUT2D eigenvalue weighted by Crippen LogP contribution is 2.44. The predicted molar refractivity (Wildman–Crippen MR) is 146 cm³/mol. The molecule has 2 aliphatic carbocycles. The van der Waals surface area contributed by atoms with Gasteiger partial charge in [0.25, 0.3) is 0 Å². The Morgan fingerprint density at radius 2 is 1.92 bits per heavy atom. The maximum atomic E-state index is 11.7. The van der Waals surface area contributed by atoms with Crippen LogP contribution < -0.4 is 10.7 Å². The summed E-state index contributed by atoms with van der Waals surface area (Å²) in [6.45, 7) is 4.30. The van der Waals surface area contributed by atoms with E-state index in [-0.39, 0.29) is 5.82 Å². The SMILES string of the molecule is CC1CCC(Cn2c(N3CCCC3C3CC3)nc3cc(-c4noc(=O)[nH]4)nc(-c4cncc(Cl)c4)c32)CC1. The maximum Gasteiger partial charge on any atom is 0.439 e. The first-order chi connectivity index (χ1) is 18.5. The Bertz CT molecular complexity index is 1530. The molecule has 3 aliphatic rings. The minimum atomic E-state index is -0.616. The predicted octanol–water partition coefficient (Wildman–Crippen LogP) is 5.70. The summed E-state index contributed by atoms with van der Waals surface area (Å²) in [4.78, 5) is 31.6. The number of nitrogens with one attached hydrogen (secondary N) is 1. The van der Waals surface area contributed by atoms with Crippen LogP contribution in [0.1, 0.15) is 58.3 Å². The molecule has 0 amide bonds. The first-order valence-corrected chi connectivity index (χ1v) is 14.3. The van der Waals surface area contributed by atoms with Crippen LogP contribution in [0.2, 0.25) is 5.02 Å². The molecule has 198 valence electrons. The lowest BCUT2D eigenvalue weighted by Gasteiger charge is -2.30. The van der Waals surface area contributed by atoms with E-state index in [1.165, 1.54) is 51.4 Å². The summed E-state index contributed by atoms with van der Waals surface area (Å²) in [5.41, 5.74) is 3.86. The highest BCUT2D eigenvalue weighted by atomic mass is 35.5. The van der Waals surface area contributed by atoms with Crippen LogP contribution in [0.3, 0.4) is 0 Å². The Morgan fingerprint density at radius 3 is 2.66 bits per heavy atom. The van der Waals surface area contributed by atoms with E-state index >= 15 is 0 Å². The molecule has 1 unspecified atom stereocenters. The van der Waals surface area contributed by atoms with Gasteiger partial charge < -0.3 is 9.47 Å². The van der Waals surface area contributed by atoms with Crippen LogP contribution in [-0.4, -0.2) is 42.2 Å². The molecule has 10 heteroatoms. The Morgan fingerprint density at radius 1 is 1.08 bits per heavy atom. The van der Waals surface area contributed by atoms with E-state index in [0.717, 1.165) is 53.2 Å². The van der Waals surface area contributed by atoms with Crippen LogP contribution in [0.4, 0.5) is 5.95 Å². The summed E-state index contributed by atoms with van der Waals surface area (Å²) in [7, 11) is 0.